The molecule has 0 aliphatic heterocycles. The molecule has 5 heteroatoms. The van der Waals surface area contributed by atoms with E-state index in [1.165, 1.54) is 12.3 Å². The summed E-state index contributed by atoms with van der Waals surface area (Å²) in [7, 11) is 0. The van der Waals surface area contributed by atoms with E-state index in [9.17, 15) is 4.79 Å². The fourth-order valence-electron chi connectivity index (χ4n) is 0.625. The second-order valence-corrected chi connectivity index (χ2v) is 2.24. The molecular weight excluding hydrogens is 168 g/mol. The predicted octanol–water partition coefficient (Wildman–Crippen LogP) is 1.02. The number of pyridine rings is 1. The number of nitrogens with zero attached hydrogens (tertiary/aromatic N) is 1. The normalized spacial score (nSPS) is 9.55. The average Bonchev–Trinajstić information content (AvgIpc) is 1.94. The second kappa shape index (κ2) is 2.75. The first-order valence-corrected chi connectivity index (χ1v) is 3.14. The molecule has 4 nitrogen and oxygen atoms in total. The third kappa shape index (κ3) is 1.40. The smallest absolute Gasteiger partial charge is 0.337 e. The largest absolute Gasteiger partial charge is 0.478 e. The van der Waals surface area contributed by atoms with E-state index in [0.29, 0.717) is 0 Å². The Bertz CT molecular complexity index is 301. The summed E-state index contributed by atoms with van der Waals surface area (Å²) in [6, 6.07) is 1.29. The zero-order chi connectivity index (χ0) is 8.43. The van der Waals surface area contributed by atoms with Crippen LogP contribution in [0.3, 0.4) is 0 Å². The Balaban J connectivity index is 3.27. The van der Waals surface area contributed by atoms with Crippen LogP contribution >= 0.6 is 11.6 Å². The molecule has 0 saturated heterocycles. The number of nitrogen functional groups attached to an aromatic ring is 1. The van der Waals surface area contributed by atoms with Gasteiger partial charge >= 0.3 is 5.97 Å². The lowest BCUT2D eigenvalue weighted by atomic mass is 10.2. The highest BCUT2D eigenvalue weighted by Crippen LogP contribution is 2.20. The monoisotopic (exact) mass is 172 g/mol. The Morgan fingerprint density at radius 3 is 2.82 bits per heavy atom. The molecule has 0 spiro atoms. The van der Waals surface area contributed by atoms with Crippen molar-refractivity contribution in [3.63, 3.8) is 0 Å². The van der Waals surface area contributed by atoms with Crippen molar-refractivity contribution in [2.45, 2.75) is 0 Å². The molecule has 0 saturated carbocycles. The van der Waals surface area contributed by atoms with E-state index in [0.717, 1.165) is 0 Å². The van der Waals surface area contributed by atoms with Gasteiger partial charge in [-0.3, -0.25) is 0 Å². The van der Waals surface area contributed by atoms with Crippen molar-refractivity contribution in [2.75, 3.05) is 5.73 Å². The van der Waals surface area contributed by atoms with Crippen LogP contribution < -0.4 is 5.73 Å². The number of nitrogens with two attached hydrogens (primary N) is 1. The van der Waals surface area contributed by atoms with Gasteiger partial charge < -0.3 is 10.8 Å². The summed E-state index contributed by atoms with van der Waals surface area (Å²) >= 11 is 5.52. The first kappa shape index (κ1) is 7.81. The Labute approximate surface area is 67.6 Å². The molecule has 1 rings (SSSR count). The minimum absolute atomic E-state index is 0.0139. The molecule has 0 unspecified atom stereocenters. The molecule has 0 aliphatic rings. The lowest BCUT2D eigenvalue weighted by Gasteiger charge is -1.98. The van der Waals surface area contributed by atoms with Gasteiger partial charge in [-0.25, -0.2) is 9.78 Å². The van der Waals surface area contributed by atoms with Gasteiger partial charge in [0.05, 0.1) is 10.6 Å². The summed E-state index contributed by atoms with van der Waals surface area (Å²) < 4.78 is 0. The molecule has 11 heavy (non-hydrogen) atoms. The standard InChI is InChI=1S/C6H5ClN2O2/c7-4-3(6(10)11)1-2-9-5(4)8/h1-2H,(H2,8,9)(H,10,11). The van der Waals surface area contributed by atoms with Crippen LogP contribution in [0.5, 0.6) is 0 Å². The number of hydrogen-bond donors (Lipinski definition) is 2. The maximum absolute atomic E-state index is 10.4. The topological polar surface area (TPSA) is 76.2 Å². The van der Waals surface area contributed by atoms with Crippen molar-refractivity contribution in [3.8, 4) is 0 Å². The zero-order valence-corrected chi connectivity index (χ0v) is 6.17. The van der Waals surface area contributed by atoms with Gasteiger partial charge in [-0.1, -0.05) is 11.6 Å². The van der Waals surface area contributed by atoms with E-state index >= 15 is 0 Å². The van der Waals surface area contributed by atoms with Crippen LogP contribution in [0.15, 0.2) is 12.3 Å². The summed E-state index contributed by atoms with van der Waals surface area (Å²) in [6.07, 6.45) is 1.30. The number of rotatable bonds is 1. The quantitative estimate of drug-likeness (QED) is 0.663. The number of aromatic carboxylic acids is 1. The van der Waals surface area contributed by atoms with Crippen molar-refractivity contribution in [1.29, 1.82) is 0 Å². The van der Waals surface area contributed by atoms with Crippen LogP contribution in [0.25, 0.3) is 0 Å². The minimum Gasteiger partial charge on any atom is -0.478 e. The van der Waals surface area contributed by atoms with Gasteiger partial charge in [0.25, 0.3) is 0 Å². The molecule has 0 aromatic carbocycles. The van der Waals surface area contributed by atoms with Crippen LogP contribution in [0.4, 0.5) is 5.82 Å². The van der Waals surface area contributed by atoms with Gasteiger partial charge in [0, 0.05) is 6.20 Å². The van der Waals surface area contributed by atoms with Crippen molar-refractivity contribution in [3.05, 3.63) is 22.8 Å². The molecular formula is C6H5ClN2O2. The number of hydrogen-bond acceptors (Lipinski definition) is 3. The fourth-order valence-corrected chi connectivity index (χ4v) is 0.818. The summed E-state index contributed by atoms with van der Waals surface area (Å²) in [5.41, 5.74) is 5.22. The zero-order valence-electron chi connectivity index (χ0n) is 5.41. The van der Waals surface area contributed by atoms with E-state index in [1.807, 2.05) is 0 Å². The lowest BCUT2D eigenvalue weighted by molar-refractivity contribution is 0.0697. The van der Waals surface area contributed by atoms with Gasteiger partial charge in [0.15, 0.2) is 0 Å². The van der Waals surface area contributed by atoms with E-state index in [-0.39, 0.29) is 16.4 Å². The molecule has 0 atom stereocenters. The Morgan fingerprint density at radius 1 is 1.73 bits per heavy atom. The van der Waals surface area contributed by atoms with Gasteiger partial charge in [-0.2, -0.15) is 0 Å². The molecule has 1 aromatic rings. The highest BCUT2D eigenvalue weighted by atomic mass is 35.5. The number of carboxylic acids is 1. The van der Waals surface area contributed by atoms with Crippen LogP contribution in [-0.4, -0.2) is 16.1 Å². The van der Waals surface area contributed by atoms with E-state index in [4.69, 9.17) is 22.4 Å². The lowest BCUT2D eigenvalue weighted by Crippen LogP contribution is -2.01. The molecule has 1 aromatic heterocycles. The Kier molecular flexibility index (Phi) is 1.96. The number of aromatic nitrogens is 1. The van der Waals surface area contributed by atoms with Gasteiger partial charge in [0.2, 0.25) is 0 Å². The first-order chi connectivity index (χ1) is 5.13. The number of carboxylic acid groups (broad SMARTS) is 1. The highest BCUT2D eigenvalue weighted by molar-refractivity contribution is 6.35. The van der Waals surface area contributed by atoms with Crippen molar-refractivity contribution < 1.29 is 9.90 Å². The Hall–Kier alpha value is -1.29. The number of anilines is 1. The van der Waals surface area contributed by atoms with E-state index in [2.05, 4.69) is 4.98 Å². The van der Waals surface area contributed by atoms with Crippen LogP contribution in [0, 0.1) is 0 Å². The molecule has 0 bridgehead atoms. The summed E-state index contributed by atoms with van der Waals surface area (Å²) in [4.78, 5) is 14.0. The van der Waals surface area contributed by atoms with Gasteiger partial charge in [-0.05, 0) is 6.07 Å². The van der Waals surface area contributed by atoms with Gasteiger partial charge in [-0.15, -0.1) is 0 Å². The number of carbonyl (C=O) groups is 1. The minimum atomic E-state index is -1.11. The molecule has 1 heterocycles. The fraction of sp³-hybridized carbons (Fsp3) is 0. The van der Waals surface area contributed by atoms with E-state index < -0.39 is 5.97 Å². The van der Waals surface area contributed by atoms with Gasteiger partial charge in [0.1, 0.15) is 5.82 Å². The third-order valence-corrected chi connectivity index (χ3v) is 1.54. The predicted molar refractivity (Wildman–Crippen MR) is 40.6 cm³/mol. The summed E-state index contributed by atoms with van der Waals surface area (Å²) in [6.45, 7) is 0. The molecule has 3 N–H and O–H groups in total. The average molecular weight is 173 g/mol. The summed E-state index contributed by atoms with van der Waals surface area (Å²) in [5, 5.41) is 8.51. The van der Waals surface area contributed by atoms with Crippen LogP contribution in [0.1, 0.15) is 10.4 Å². The maximum atomic E-state index is 10.4. The maximum Gasteiger partial charge on any atom is 0.337 e. The van der Waals surface area contributed by atoms with Crippen molar-refractivity contribution in [2.24, 2.45) is 0 Å². The van der Waals surface area contributed by atoms with Crippen molar-refractivity contribution in [1.82, 2.24) is 4.98 Å². The third-order valence-electron chi connectivity index (χ3n) is 1.15. The number of halogens is 1. The molecule has 58 valence electrons. The highest BCUT2D eigenvalue weighted by Gasteiger charge is 2.10. The molecule has 0 fully saturated rings. The molecule has 0 aliphatic carbocycles. The molecule has 0 radical (unpaired) electrons. The summed E-state index contributed by atoms with van der Waals surface area (Å²) in [5.74, 6) is -1.07. The second-order valence-electron chi connectivity index (χ2n) is 1.86. The van der Waals surface area contributed by atoms with E-state index in [1.54, 1.807) is 0 Å². The van der Waals surface area contributed by atoms with Crippen molar-refractivity contribution >= 4 is 23.4 Å². The van der Waals surface area contributed by atoms with Crippen LogP contribution in [-0.2, 0) is 0 Å². The Morgan fingerprint density at radius 2 is 2.36 bits per heavy atom. The SMILES string of the molecule is Nc1nccc(C(=O)O)c1Cl. The van der Waals surface area contributed by atoms with Crippen LogP contribution in [0.2, 0.25) is 5.02 Å². The first-order valence-electron chi connectivity index (χ1n) is 2.76. The molecule has 0 amide bonds.